The lowest BCUT2D eigenvalue weighted by molar-refractivity contribution is -0.121. The third kappa shape index (κ3) is 6.71. The van der Waals surface area contributed by atoms with E-state index in [2.05, 4.69) is 48.7 Å². The van der Waals surface area contributed by atoms with Gasteiger partial charge in [0.1, 0.15) is 0 Å². The molecule has 0 radical (unpaired) electrons. The minimum atomic E-state index is 0.140. The van der Waals surface area contributed by atoms with E-state index >= 15 is 0 Å². The predicted octanol–water partition coefficient (Wildman–Crippen LogP) is 2.90. The Bertz CT molecular complexity index is 378. The van der Waals surface area contributed by atoms with E-state index in [9.17, 15) is 4.79 Å². The van der Waals surface area contributed by atoms with Gasteiger partial charge in [0.25, 0.3) is 0 Å². The van der Waals surface area contributed by atoms with Gasteiger partial charge in [-0.25, -0.2) is 0 Å². The van der Waals surface area contributed by atoms with Crippen molar-refractivity contribution in [2.45, 2.75) is 58.5 Å². The quantitative estimate of drug-likeness (QED) is 0.728. The molecule has 2 unspecified atom stereocenters. The molecule has 0 saturated heterocycles. The summed E-state index contributed by atoms with van der Waals surface area (Å²) in [5, 5.41) is 6.47. The van der Waals surface area contributed by atoms with Gasteiger partial charge in [0, 0.05) is 25.0 Å². The number of nitrogens with one attached hydrogen (secondary N) is 2. The van der Waals surface area contributed by atoms with E-state index in [-0.39, 0.29) is 11.9 Å². The fraction of sp³-hybridized carbons (Fsp3) is 0.588. The molecule has 1 rings (SSSR count). The molecule has 2 atom stereocenters. The maximum absolute atomic E-state index is 11.7. The van der Waals surface area contributed by atoms with E-state index in [0.29, 0.717) is 12.5 Å². The van der Waals surface area contributed by atoms with E-state index in [4.69, 9.17) is 0 Å². The van der Waals surface area contributed by atoms with Crippen molar-refractivity contribution in [1.29, 1.82) is 0 Å². The first-order valence-electron chi connectivity index (χ1n) is 7.72. The van der Waals surface area contributed by atoms with Crippen molar-refractivity contribution in [3.63, 3.8) is 0 Å². The molecular formula is C17H28N2O. The third-order valence-electron chi connectivity index (χ3n) is 3.62. The van der Waals surface area contributed by atoms with Crippen molar-refractivity contribution in [1.82, 2.24) is 10.6 Å². The molecule has 0 saturated carbocycles. The summed E-state index contributed by atoms with van der Waals surface area (Å²) in [6.07, 6.45) is 3.62. The van der Waals surface area contributed by atoms with E-state index in [0.717, 1.165) is 25.8 Å². The summed E-state index contributed by atoms with van der Waals surface area (Å²) in [6.45, 7) is 7.04. The minimum absolute atomic E-state index is 0.140. The van der Waals surface area contributed by atoms with Gasteiger partial charge in [-0.2, -0.15) is 0 Å². The number of benzene rings is 1. The standard InChI is InChI=1S/C17H28N2O/c1-4-14(3)19-17(20)11-12-18-16(5-2)13-15-9-7-6-8-10-15/h6-10,14,16,18H,4-5,11-13H2,1-3H3,(H,19,20). The summed E-state index contributed by atoms with van der Waals surface area (Å²) in [4.78, 5) is 11.7. The van der Waals surface area contributed by atoms with Crippen LogP contribution in [-0.4, -0.2) is 24.5 Å². The molecule has 3 nitrogen and oxygen atoms in total. The van der Waals surface area contributed by atoms with Crippen LogP contribution < -0.4 is 10.6 Å². The Hall–Kier alpha value is -1.35. The molecule has 20 heavy (non-hydrogen) atoms. The highest BCUT2D eigenvalue weighted by Gasteiger charge is 2.09. The van der Waals surface area contributed by atoms with Crippen LogP contribution in [0.15, 0.2) is 30.3 Å². The molecule has 0 fully saturated rings. The number of amides is 1. The van der Waals surface area contributed by atoms with Gasteiger partial charge in [0.05, 0.1) is 0 Å². The van der Waals surface area contributed by atoms with Gasteiger partial charge in [-0.1, -0.05) is 44.2 Å². The highest BCUT2D eigenvalue weighted by Crippen LogP contribution is 2.05. The van der Waals surface area contributed by atoms with Crippen LogP contribution in [0.3, 0.4) is 0 Å². The first kappa shape index (κ1) is 16.7. The van der Waals surface area contributed by atoms with Crippen molar-refractivity contribution >= 4 is 5.91 Å². The molecule has 0 aromatic heterocycles. The Morgan fingerprint density at radius 2 is 1.85 bits per heavy atom. The number of carbonyl (C=O) groups excluding carboxylic acids is 1. The SMILES string of the molecule is CCC(C)NC(=O)CCNC(CC)Cc1ccccc1. The summed E-state index contributed by atoms with van der Waals surface area (Å²) in [6, 6.07) is 11.2. The second kappa shape index (κ2) is 9.54. The highest BCUT2D eigenvalue weighted by atomic mass is 16.1. The summed E-state index contributed by atoms with van der Waals surface area (Å²) in [5.74, 6) is 0.140. The zero-order valence-corrected chi connectivity index (χ0v) is 13.0. The minimum Gasteiger partial charge on any atom is -0.354 e. The van der Waals surface area contributed by atoms with Crippen LogP contribution in [0, 0.1) is 0 Å². The van der Waals surface area contributed by atoms with Gasteiger partial charge in [-0.05, 0) is 31.7 Å². The van der Waals surface area contributed by atoms with Crippen molar-refractivity contribution < 1.29 is 4.79 Å². The molecule has 2 N–H and O–H groups in total. The molecule has 0 aliphatic heterocycles. The van der Waals surface area contributed by atoms with Crippen LogP contribution >= 0.6 is 0 Å². The molecule has 0 bridgehead atoms. The Kier molecular flexibility index (Phi) is 7.97. The summed E-state index contributed by atoms with van der Waals surface area (Å²) < 4.78 is 0. The Balaban J connectivity index is 2.26. The van der Waals surface area contributed by atoms with Crippen molar-refractivity contribution in [2.24, 2.45) is 0 Å². The van der Waals surface area contributed by atoms with E-state index in [1.807, 2.05) is 13.0 Å². The first-order valence-corrected chi connectivity index (χ1v) is 7.72. The molecule has 1 aromatic carbocycles. The number of carbonyl (C=O) groups is 1. The van der Waals surface area contributed by atoms with Crippen LogP contribution in [0.25, 0.3) is 0 Å². The van der Waals surface area contributed by atoms with Gasteiger partial charge >= 0.3 is 0 Å². The zero-order valence-electron chi connectivity index (χ0n) is 13.0. The average Bonchev–Trinajstić information content (AvgIpc) is 2.47. The van der Waals surface area contributed by atoms with Gasteiger partial charge in [0.2, 0.25) is 5.91 Å². The lowest BCUT2D eigenvalue weighted by Crippen LogP contribution is -2.37. The average molecular weight is 276 g/mol. The van der Waals surface area contributed by atoms with Gasteiger partial charge in [-0.3, -0.25) is 4.79 Å². The second-order valence-electron chi connectivity index (χ2n) is 5.38. The fourth-order valence-corrected chi connectivity index (χ4v) is 2.10. The molecule has 0 aliphatic carbocycles. The molecule has 1 aromatic rings. The van der Waals surface area contributed by atoms with Gasteiger partial charge < -0.3 is 10.6 Å². The van der Waals surface area contributed by atoms with E-state index in [1.165, 1.54) is 5.56 Å². The molecule has 0 heterocycles. The number of hydrogen-bond donors (Lipinski definition) is 2. The van der Waals surface area contributed by atoms with Crippen LogP contribution in [0.1, 0.15) is 45.6 Å². The number of rotatable bonds is 9. The Morgan fingerprint density at radius 1 is 1.15 bits per heavy atom. The van der Waals surface area contributed by atoms with E-state index in [1.54, 1.807) is 0 Å². The van der Waals surface area contributed by atoms with Crippen molar-refractivity contribution in [2.75, 3.05) is 6.54 Å². The van der Waals surface area contributed by atoms with E-state index < -0.39 is 0 Å². The van der Waals surface area contributed by atoms with Crippen molar-refractivity contribution in [3.8, 4) is 0 Å². The van der Waals surface area contributed by atoms with Crippen LogP contribution in [0.2, 0.25) is 0 Å². The molecule has 0 spiro atoms. The molecule has 1 amide bonds. The smallest absolute Gasteiger partial charge is 0.221 e. The maximum Gasteiger partial charge on any atom is 0.221 e. The van der Waals surface area contributed by atoms with Gasteiger partial charge in [-0.15, -0.1) is 0 Å². The molecule has 112 valence electrons. The topological polar surface area (TPSA) is 41.1 Å². The highest BCUT2D eigenvalue weighted by molar-refractivity contribution is 5.76. The van der Waals surface area contributed by atoms with Crippen LogP contribution in [0.4, 0.5) is 0 Å². The lowest BCUT2D eigenvalue weighted by Gasteiger charge is -2.17. The lowest BCUT2D eigenvalue weighted by atomic mass is 10.0. The monoisotopic (exact) mass is 276 g/mol. The maximum atomic E-state index is 11.7. The summed E-state index contributed by atoms with van der Waals surface area (Å²) in [7, 11) is 0. The third-order valence-corrected chi connectivity index (χ3v) is 3.62. The summed E-state index contributed by atoms with van der Waals surface area (Å²) >= 11 is 0. The molecule has 3 heteroatoms. The zero-order chi connectivity index (χ0) is 14.8. The first-order chi connectivity index (χ1) is 9.65. The second-order valence-corrected chi connectivity index (χ2v) is 5.38. The molecule has 0 aliphatic rings. The largest absolute Gasteiger partial charge is 0.354 e. The Labute approximate surface area is 123 Å². The van der Waals surface area contributed by atoms with Crippen LogP contribution in [0.5, 0.6) is 0 Å². The van der Waals surface area contributed by atoms with Gasteiger partial charge in [0.15, 0.2) is 0 Å². The number of hydrogen-bond acceptors (Lipinski definition) is 2. The molecular weight excluding hydrogens is 248 g/mol. The Morgan fingerprint density at radius 3 is 2.45 bits per heavy atom. The van der Waals surface area contributed by atoms with Crippen LogP contribution in [-0.2, 0) is 11.2 Å². The summed E-state index contributed by atoms with van der Waals surface area (Å²) in [5.41, 5.74) is 1.34. The fourth-order valence-electron chi connectivity index (χ4n) is 2.10. The normalized spacial score (nSPS) is 13.8. The predicted molar refractivity (Wildman–Crippen MR) is 84.7 cm³/mol. The van der Waals surface area contributed by atoms with Crippen molar-refractivity contribution in [3.05, 3.63) is 35.9 Å².